The smallest absolute Gasteiger partial charge is 0.258 e. The SMILES string of the molecule is O=[N+]([O-])c1ccc(-n2cc(CBr)nn2)c(Cl)c1. The van der Waals surface area contributed by atoms with Crippen LogP contribution in [0, 0.1) is 10.1 Å². The summed E-state index contributed by atoms with van der Waals surface area (Å²) in [7, 11) is 0. The van der Waals surface area contributed by atoms with Crippen LogP contribution in [0.15, 0.2) is 24.4 Å². The molecule has 1 aromatic carbocycles. The van der Waals surface area contributed by atoms with Gasteiger partial charge in [-0.2, -0.15) is 0 Å². The first-order valence-electron chi connectivity index (χ1n) is 4.53. The Labute approximate surface area is 109 Å². The van der Waals surface area contributed by atoms with E-state index in [4.69, 9.17) is 11.6 Å². The number of rotatable bonds is 3. The zero-order valence-electron chi connectivity index (χ0n) is 8.38. The zero-order valence-corrected chi connectivity index (χ0v) is 10.7. The van der Waals surface area contributed by atoms with Gasteiger partial charge in [-0.05, 0) is 6.07 Å². The van der Waals surface area contributed by atoms with Crippen molar-refractivity contribution in [3.05, 3.63) is 45.2 Å². The summed E-state index contributed by atoms with van der Waals surface area (Å²) in [6, 6.07) is 4.19. The molecule has 0 bridgehead atoms. The third-order valence-corrected chi connectivity index (χ3v) is 2.94. The van der Waals surface area contributed by atoms with Crippen molar-refractivity contribution in [2.24, 2.45) is 0 Å². The Kier molecular flexibility index (Phi) is 3.39. The van der Waals surface area contributed by atoms with Gasteiger partial charge in [0, 0.05) is 17.5 Å². The van der Waals surface area contributed by atoms with Gasteiger partial charge in [0.05, 0.1) is 27.5 Å². The number of nitro groups is 1. The van der Waals surface area contributed by atoms with Crippen molar-refractivity contribution in [2.45, 2.75) is 5.33 Å². The van der Waals surface area contributed by atoms with Crippen molar-refractivity contribution in [3.8, 4) is 5.69 Å². The molecule has 0 spiro atoms. The molecule has 0 N–H and O–H groups in total. The number of aromatic nitrogens is 3. The molecule has 0 aliphatic rings. The number of hydrogen-bond donors (Lipinski definition) is 0. The highest BCUT2D eigenvalue weighted by Gasteiger charge is 2.11. The molecule has 0 radical (unpaired) electrons. The molecule has 8 heteroatoms. The second-order valence-corrected chi connectivity index (χ2v) is 4.15. The van der Waals surface area contributed by atoms with Crippen LogP contribution < -0.4 is 0 Å². The van der Waals surface area contributed by atoms with Crippen LogP contribution in [-0.2, 0) is 5.33 Å². The summed E-state index contributed by atoms with van der Waals surface area (Å²) in [4.78, 5) is 10.1. The molecule has 1 aromatic heterocycles. The molecule has 2 rings (SSSR count). The molecule has 0 aliphatic carbocycles. The van der Waals surface area contributed by atoms with Gasteiger partial charge >= 0.3 is 0 Å². The fraction of sp³-hybridized carbons (Fsp3) is 0.111. The lowest BCUT2D eigenvalue weighted by atomic mass is 10.3. The van der Waals surface area contributed by atoms with Gasteiger partial charge in [0.15, 0.2) is 0 Å². The van der Waals surface area contributed by atoms with E-state index in [1.807, 2.05) is 0 Å². The molecule has 0 unspecified atom stereocenters. The Balaban J connectivity index is 2.42. The topological polar surface area (TPSA) is 73.8 Å². The summed E-state index contributed by atoms with van der Waals surface area (Å²) in [5.74, 6) is 0. The maximum atomic E-state index is 10.6. The van der Waals surface area contributed by atoms with Gasteiger partial charge in [-0.15, -0.1) is 5.10 Å². The van der Waals surface area contributed by atoms with Crippen molar-refractivity contribution < 1.29 is 4.92 Å². The number of non-ortho nitro benzene ring substituents is 1. The van der Waals surface area contributed by atoms with Crippen LogP contribution in [0.5, 0.6) is 0 Å². The predicted octanol–water partition coefficient (Wildman–Crippen LogP) is 2.72. The van der Waals surface area contributed by atoms with E-state index < -0.39 is 4.92 Å². The minimum Gasteiger partial charge on any atom is -0.258 e. The summed E-state index contributed by atoms with van der Waals surface area (Å²) in [5.41, 5.74) is 1.25. The molecular formula is C9H6BrClN4O2. The standard InChI is InChI=1S/C9H6BrClN4O2/c10-4-6-5-14(13-12-6)9-2-1-7(15(16)17)3-8(9)11/h1-3,5H,4H2. The first-order valence-corrected chi connectivity index (χ1v) is 6.03. The van der Waals surface area contributed by atoms with Crippen molar-refractivity contribution >= 4 is 33.2 Å². The van der Waals surface area contributed by atoms with Crippen molar-refractivity contribution in [1.82, 2.24) is 15.0 Å². The van der Waals surface area contributed by atoms with Crippen LogP contribution in [-0.4, -0.2) is 19.9 Å². The van der Waals surface area contributed by atoms with E-state index in [9.17, 15) is 10.1 Å². The quantitative estimate of drug-likeness (QED) is 0.495. The molecule has 0 atom stereocenters. The average Bonchev–Trinajstić information content (AvgIpc) is 2.77. The molecule has 0 fully saturated rings. The number of halogens is 2. The minimum absolute atomic E-state index is 0.0559. The number of hydrogen-bond acceptors (Lipinski definition) is 4. The molecule has 0 amide bonds. The first kappa shape index (κ1) is 12.0. The summed E-state index contributed by atoms with van der Waals surface area (Å²) >= 11 is 9.21. The minimum atomic E-state index is -0.499. The van der Waals surface area contributed by atoms with Crippen LogP contribution >= 0.6 is 27.5 Å². The molecule has 17 heavy (non-hydrogen) atoms. The molecule has 88 valence electrons. The average molecular weight is 318 g/mol. The highest BCUT2D eigenvalue weighted by Crippen LogP contribution is 2.25. The van der Waals surface area contributed by atoms with Crippen LogP contribution in [0.4, 0.5) is 5.69 Å². The number of nitrogens with zero attached hydrogens (tertiary/aromatic N) is 4. The van der Waals surface area contributed by atoms with Gasteiger partial charge in [-0.3, -0.25) is 10.1 Å². The maximum absolute atomic E-state index is 10.6. The second kappa shape index (κ2) is 4.80. The lowest BCUT2D eigenvalue weighted by Crippen LogP contribution is -1.97. The maximum Gasteiger partial charge on any atom is 0.271 e. The molecule has 2 aromatic rings. The highest BCUT2D eigenvalue weighted by molar-refractivity contribution is 9.08. The van der Waals surface area contributed by atoms with Crippen LogP contribution in [0.3, 0.4) is 0 Å². The summed E-state index contributed by atoms with van der Waals surface area (Å²) in [6.45, 7) is 0. The van der Waals surface area contributed by atoms with Crippen LogP contribution in [0.25, 0.3) is 5.69 Å². The van der Waals surface area contributed by atoms with Gasteiger partial charge < -0.3 is 0 Å². The number of alkyl halides is 1. The van der Waals surface area contributed by atoms with Crippen molar-refractivity contribution in [2.75, 3.05) is 0 Å². The van der Waals surface area contributed by atoms with E-state index in [0.29, 0.717) is 11.0 Å². The van der Waals surface area contributed by atoms with Gasteiger partial charge in [0.25, 0.3) is 5.69 Å². The fourth-order valence-electron chi connectivity index (χ4n) is 1.27. The van der Waals surface area contributed by atoms with E-state index in [2.05, 4.69) is 26.2 Å². The molecule has 6 nitrogen and oxygen atoms in total. The Bertz CT molecular complexity index is 572. The van der Waals surface area contributed by atoms with E-state index >= 15 is 0 Å². The van der Waals surface area contributed by atoms with Crippen LogP contribution in [0.2, 0.25) is 5.02 Å². The molecule has 1 heterocycles. The van der Waals surface area contributed by atoms with Crippen LogP contribution in [0.1, 0.15) is 5.69 Å². The van der Waals surface area contributed by atoms with Crippen molar-refractivity contribution in [1.29, 1.82) is 0 Å². The van der Waals surface area contributed by atoms with E-state index in [1.165, 1.54) is 22.9 Å². The van der Waals surface area contributed by atoms with Gasteiger partial charge in [-0.1, -0.05) is 32.7 Å². The third kappa shape index (κ3) is 2.45. The number of nitro benzene ring substituents is 1. The summed E-state index contributed by atoms with van der Waals surface area (Å²) in [5, 5.41) is 19.2. The number of benzene rings is 1. The Hall–Kier alpha value is -1.47. The second-order valence-electron chi connectivity index (χ2n) is 3.18. The van der Waals surface area contributed by atoms with E-state index in [0.717, 1.165) is 5.69 Å². The first-order chi connectivity index (χ1) is 8.11. The molecule has 0 saturated heterocycles. The van der Waals surface area contributed by atoms with Gasteiger partial charge in [0.2, 0.25) is 0 Å². The zero-order chi connectivity index (χ0) is 12.4. The molecule has 0 saturated carbocycles. The van der Waals surface area contributed by atoms with Gasteiger partial charge in [-0.25, -0.2) is 4.68 Å². The van der Waals surface area contributed by atoms with E-state index in [1.54, 1.807) is 6.20 Å². The molecular weight excluding hydrogens is 311 g/mol. The lowest BCUT2D eigenvalue weighted by Gasteiger charge is -2.02. The van der Waals surface area contributed by atoms with E-state index in [-0.39, 0.29) is 10.7 Å². The fourth-order valence-corrected chi connectivity index (χ4v) is 1.79. The third-order valence-electron chi connectivity index (χ3n) is 2.07. The Morgan fingerprint density at radius 1 is 1.53 bits per heavy atom. The summed E-state index contributed by atoms with van der Waals surface area (Å²) in [6.07, 6.45) is 1.70. The molecule has 0 aliphatic heterocycles. The Morgan fingerprint density at radius 2 is 2.29 bits per heavy atom. The highest BCUT2D eigenvalue weighted by atomic mass is 79.9. The largest absolute Gasteiger partial charge is 0.271 e. The lowest BCUT2D eigenvalue weighted by molar-refractivity contribution is -0.384. The van der Waals surface area contributed by atoms with Crippen molar-refractivity contribution in [3.63, 3.8) is 0 Å². The normalized spacial score (nSPS) is 10.5. The monoisotopic (exact) mass is 316 g/mol. The Morgan fingerprint density at radius 3 is 2.82 bits per heavy atom. The predicted molar refractivity (Wildman–Crippen MR) is 65.7 cm³/mol. The van der Waals surface area contributed by atoms with Gasteiger partial charge in [0.1, 0.15) is 0 Å². The summed E-state index contributed by atoms with van der Waals surface area (Å²) < 4.78 is 1.47.